The molecule has 2 aromatic rings. The third kappa shape index (κ3) is 5.75. The normalized spacial score (nSPS) is 20.8. The molecule has 6 nitrogen and oxygen atoms in total. The summed E-state index contributed by atoms with van der Waals surface area (Å²) in [6.45, 7) is 7.98. The SMILES string of the molecule is CNC(=O)c1cnc(N2CCN(C3CCN(Cc4ccc(Cl)cc4Cl)CC3)[C@@H](C)C2)c(Cl)c1. The van der Waals surface area contributed by atoms with Crippen LogP contribution < -0.4 is 10.2 Å². The lowest BCUT2D eigenvalue weighted by molar-refractivity contribution is 0.0690. The van der Waals surface area contributed by atoms with Crippen LogP contribution in [0, 0.1) is 0 Å². The van der Waals surface area contributed by atoms with E-state index >= 15 is 0 Å². The summed E-state index contributed by atoms with van der Waals surface area (Å²) < 4.78 is 0. The number of halogens is 3. The molecule has 0 saturated carbocycles. The summed E-state index contributed by atoms with van der Waals surface area (Å²) in [5.41, 5.74) is 1.61. The van der Waals surface area contributed by atoms with Crippen molar-refractivity contribution < 1.29 is 4.79 Å². The van der Waals surface area contributed by atoms with Gasteiger partial charge in [-0.15, -0.1) is 0 Å². The Hall–Kier alpha value is -1.57. The monoisotopic (exact) mass is 509 g/mol. The van der Waals surface area contributed by atoms with Gasteiger partial charge in [0.2, 0.25) is 0 Å². The number of hydrogen-bond acceptors (Lipinski definition) is 5. The number of anilines is 1. The van der Waals surface area contributed by atoms with Crippen LogP contribution in [-0.2, 0) is 6.54 Å². The van der Waals surface area contributed by atoms with Crippen LogP contribution in [0.4, 0.5) is 5.82 Å². The Morgan fingerprint density at radius 3 is 2.48 bits per heavy atom. The van der Waals surface area contributed by atoms with Gasteiger partial charge in [-0.25, -0.2) is 4.98 Å². The number of rotatable bonds is 5. The second kappa shape index (κ2) is 10.8. The summed E-state index contributed by atoms with van der Waals surface area (Å²) in [6, 6.07) is 8.43. The summed E-state index contributed by atoms with van der Waals surface area (Å²) in [7, 11) is 1.60. The van der Waals surface area contributed by atoms with Gasteiger partial charge in [-0.05, 0) is 56.6 Å². The minimum absolute atomic E-state index is 0.182. The predicted molar refractivity (Wildman–Crippen MR) is 136 cm³/mol. The second-order valence-corrected chi connectivity index (χ2v) is 10.1. The van der Waals surface area contributed by atoms with Crippen LogP contribution in [0.1, 0.15) is 35.7 Å². The second-order valence-electron chi connectivity index (χ2n) is 8.88. The molecule has 2 aliphatic heterocycles. The van der Waals surface area contributed by atoms with Crippen molar-refractivity contribution in [3.63, 3.8) is 0 Å². The van der Waals surface area contributed by atoms with Crippen LogP contribution in [0.3, 0.4) is 0 Å². The molecule has 3 heterocycles. The van der Waals surface area contributed by atoms with Crippen LogP contribution in [0.15, 0.2) is 30.5 Å². The van der Waals surface area contributed by atoms with E-state index < -0.39 is 0 Å². The van der Waals surface area contributed by atoms with Gasteiger partial charge in [-0.3, -0.25) is 14.6 Å². The van der Waals surface area contributed by atoms with Crippen molar-refractivity contribution in [2.75, 3.05) is 44.7 Å². The largest absolute Gasteiger partial charge is 0.355 e. The van der Waals surface area contributed by atoms with E-state index in [1.165, 1.54) is 0 Å². The molecule has 1 aromatic heterocycles. The van der Waals surface area contributed by atoms with Crippen LogP contribution in [0.5, 0.6) is 0 Å². The van der Waals surface area contributed by atoms with Crippen LogP contribution in [0.25, 0.3) is 0 Å². The number of carbonyl (C=O) groups is 1. The van der Waals surface area contributed by atoms with E-state index in [2.05, 4.69) is 31.9 Å². The number of piperazine rings is 1. The number of amides is 1. The highest BCUT2D eigenvalue weighted by atomic mass is 35.5. The van der Waals surface area contributed by atoms with Gasteiger partial charge in [-0.1, -0.05) is 40.9 Å². The molecule has 2 fully saturated rings. The van der Waals surface area contributed by atoms with E-state index in [4.69, 9.17) is 34.8 Å². The fraction of sp³-hybridized carbons (Fsp3) is 0.500. The molecule has 9 heteroatoms. The van der Waals surface area contributed by atoms with Gasteiger partial charge in [0, 0.05) is 61.6 Å². The van der Waals surface area contributed by atoms with Crippen molar-refractivity contribution >= 4 is 46.5 Å². The van der Waals surface area contributed by atoms with Gasteiger partial charge < -0.3 is 10.2 Å². The van der Waals surface area contributed by atoms with Gasteiger partial charge in [0.1, 0.15) is 5.82 Å². The summed E-state index contributed by atoms with van der Waals surface area (Å²) in [5.74, 6) is 0.573. The third-order valence-corrected chi connectivity index (χ3v) is 7.59. The molecule has 178 valence electrons. The lowest BCUT2D eigenvalue weighted by Crippen LogP contribution is -2.57. The standard InChI is InChI=1S/C24H30Cl3N5O/c1-16-14-31(23-22(27)11-18(13-29-23)24(33)28-2)9-10-32(16)20-5-7-30(8-6-20)15-17-3-4-19(25)12-21(17)26/h3-4,11-13,16,20H,5-10,14-15H2,1-2H3,(H,28,33)/t16-/m0/s1. The number of pyridine rings is 1. The van der Waals surface area contributed by atoms with Crippen molar-refractivity contribution in [3.05, 3.63) is 56.7 Å². The number of carbonyl (C=O) groups excluding carboxylic acids is 1. The van der Waals surface area contributed by atoms with Gasteiger partial charge in [0.15, 0.2) is 0 Å². The Morgan fingerprint density at radius 1 is 1.09 bits per heavy atom. The average molecular weight is 511 g/mol. The van der Waals surface area contributed by atoms with E-state index in [-0.39, 0.29) is 5.91 Å². The first-order valence-corrected chi connectivity index (χ1v) is 12.5. The quantitative estimate of drug-likeness (QED) is 0.638. The molecule has 1 N–H and O–H groups in total. The zero-order valence-corrected chi connectivity index (χ0v) is 21.3. The van der Waals surface area contributed by atoms with Crippen molar-refractivity contribution in [2.45, 2.75) is 38.4 Å². The van der Waals surface area contributed by atoms with Gasteiger partial charge in [0.05, 0.1) is 10.6 Å². The van der Waals surface area contributed by atoms with Gasteiger partial charge in [0.25, 0.3) is 5.91 Å². The minimum atomic E-state index is -0.182. The predicted octanol–water partition coefficient (Wildman–Crippen LogP) is 4.58. The Morgan fingerprint density at radius 2 is 1.85 bits per heavy atom. The molecule has 1 aromatic carbocycles. The molecule has 1 amide bonds. The number of nitrogens with one attached hydrogen (secondary N) is 1. The van der Waals surface area contributed by atoms with Crippen molar-refractivity contribution in [1.82, 2.24) is 20.1 Å². The van der Waals surface area contributed by atoms with Crippen molar-refractivity contribution in [2.24, 2.45) is 0 Å². The first-order valence-electron chi connectivity index (χ1n) is 11.4. The molecule has 2 aliphatic rings. The van der Waals surface area contributed by atoms with E-state index in [0.717, 1.165) is 68.5 Å². The number of aromatic nitrogens is 1. The Balaban J connectivity index is 1.31. The molecule has 0 aliphatic carbocycles. The minimum Gasteiger partial charge on any atom is -0.355 e. The number of likely N-dealkylation sites (tertiary alicyclic amines) is 1. The molecular formula is C24H30Cl3N5O. The number of piperidine rings is 1. The van der Waals surface area contributed by atoms with E-state index in [0.29, 0.717) is 27.7 Å². The zero-order valence-electron chi connectivity index (χ0n) is 19.0. The molecular weight excluding hydrogens is 481 g/mol. The molecule has 1 atom stereocenters. The zero-order chi connectivity index (χ0) is 23.5. The van der Waals surface area contributed by atoms with Gasteiger partial charge >= 0.3 is 0 Å². The molecule has 4 rings (SSSR count). The number of hydrogen-bond donors (Lipinski definition) is 1. The summed E-state index contributed by atoms with van der Waals surface area (Å²) in [4.78, 5) is 23.7. The number of nitrogens with zero attached hydrogens (tertiary/aromatic N) is 4. The maximum Gasteiger partial charge on any atom is 0.252 e. The first-order chi connectivity index (χ1) is 15.9. The van der Waals surface area contributed by atoms with Crippen LogP contribution in [-0.4, -0.2) is 72.5 Å². The summed E-state index contributed by atoms with van der Waals surface area (Å²) in [5, 5.41) is 4.54. The Labute approximate surface area is 210 Å². The first kappa shape index (κ1) is 24.6. The van der Waals surface area contributed by atoms with E-state index in [1.807, 2.05) is 18.2 Å². The van der Waals surface area contributed by atoms with E-state index in [9.17, 15) is 4.79 Å². The molecule has 33 heavy (non-hydrogen) atoms. The molecule has 0 unspecified atom stereocenters. The maximum atomic E-state index is 11.8. The smallest absolute Gasteiger partial charge is 0.252 e. The fourth-order valence-electron chi connectivity index (χ4n) is 4.94. The molecule has 0 spiro atoms. The molecule has 0 radical (unpaired) electrons. The molecule has 0 bridgehead atoms. The fourth-order valence-corrected chi connectivity index (χ4v) is 5.69. The van der Waals surface area contributed by atoms with Crippen LogP contribution >= 0.6 is 34.8 Å². The average Bonchev–Trinajstić information content (AvgIpc) is 2.81. The highest BCUT2D eigenvalue weighted by molar-refractivity contribution is 6.35. The highest BCUT2D eigenvalue weighted by Crippen LogP contribution is 2.29. The van der Waals surface area contributed by atoms with Crippen LogP contribution in [0.2, 0.25) is 15.1 Å². The van der Waals surface area contributed by atoms with E-state index in [1.54, 1.807) is 19.3 Å². The Kier molecular flexibility index (Phi) is 8.03. The summed E-state index contributed by atoms with van der Waals surface area (Å²) in [6.07, 6.45) is 3.89. The number of benzene rings is 1. The third-order valence-electron chi connectivity index (χ3n) is 6.72. The van der Waals surface area contributed by atoms with Gasteiger partial charge in [-0.2, -0.15) is 0 Å². The molecule has 2 saturated heterocycles. The maximum absolute atomic E-state index is 11.8. The highest BCUT2D eigenvalue weighted by Gasteiger charge is 2.32. The lowest BCUT2D eigenvalue weighted by atomic mass is 9.99. The lowest BCUT2D eigenvalue weighted by Gasteiger charge is -2.47. The van der Waals surface area contributed by atoms with Crippen molar-refractivity contribution in [3.8, 4) is 0 Å². The topological polar surface area (TPSA) is 51.7 Å². The summed E-state index contributed by atoms with van der Waals surface area (Å²) >= 11 is 18.9. The van der Waals surface area contributed by atoms with Crippen molar-refractivity contribution in [1.29, 1.82) is 0 Å². The Bertz CT molecular complexity index is 996.